The maximum atomic E-state index is 12.5. The van der Waals surface area contributed by atoms with Crippen LogP contribution in [0.3, 0.4) is 0 Å². The summed E-state index contributed by atoms with van der Waals surface area (Å²) in [7, 11) is 0. The molecule has 1 atom stereocenters. The first-order valence-electron chi connectivity index (χ1n) is 7.67. The Labute approximate surface area is 120 Å². The Morgan fingerprint density at radius 2 is 2.00 bits per heavy atom. The summed E-state index contributed by atoms with van der Waals surface area (Å²) >= 11 is 0. The van der Waals surface area contributed by atoms with E-state index in [0.29, 0.717) is 17.6 Å². The minimum atomic E-state index is 0.0324. The number of likely N-dealkylation sites (tertiary alicyclic amines) is 1. The molecule has 3 rings (SSSR count). The molecule has 0 bridgehead atoms. The fourth-order valence-electron chi connectivity index (χ4n) is 3.69. The molecule has 2 amide bonds. The van der Waals surface area contributed by atoms with Gasteiger partial charge in [-0.1, -0.05) is 18.9 Å². The third-order valence-corrected chi connectivity index (χ3v) is 4.64. The molecule has 3 N–H and O–H groups in total. The predicted octanol–water partition coefficient (Wildman–Crippen LogP) is 3.46. The largest absolute Gasteiger partial charge is 0.399 e. The van der Waals surface area contributed by atoms with Crippen molar-refractivity contribution >= 4 is 17.4 Å². The highest BCUT2D eigenvalue weighted by Crippen LogP contribution is 2.35. The van der Waals surface area contributed by atoms with Crippen molar-refractivity contribution in [3.8, 4) is 0 Å². The lowest BCUT2D eigenvalue weighted by Crippen LogP contribution is -2.41. The van der Waals surface area contributed by atoms with E-state index >= 15 is 0 Å². The summed E-state index contributed by atoms with van der Waals surface area (Å²) in [5.74, 6) is 0.712. The number of benzene rings is 1. The zero-order chi connectivity index (χ0) is 13.9. The molecule has 2 aliphatic rings. The number of nitrogens with zero attached hydrogens (tertiary/aromatic N) is 1. The Morgan fingerprint density at radius 3 is 2.75 bits per heavy atom. The van der Waals surface area contributed by atoms with Crippen LogP contribution in [0.2, 0.25) is 0 Å². The van der Waals surface area contributed by atoms with Crippen molar-refractivity contribution in [2.24, 2.45) is 5.92 Å². The quantitative estimate of drug-likeness (QED) is 0.811. The van der Waals surface area contributed by atoms with Crippen molar-refractivity contribution in [3.05, 3.63) is 24.3 Å². The van der Waals surface area contributed by atoms with Gasteiger partial charge in [0.25, 0.3) is 0 Å². The SMILES string of the molecule is Nc1cccc(NC(=O)N2CCCC2C2CCCC2)c1. The number of nitrogens with one attached hydrogen (secondary N) is 1. The Kier molecular flexibility index (Phi) is 3.81. The first-order chi connectivity index (χ1) is 9.74. The van der Waals surface area contributed by atoms with Gasteiger partial charge >= 0.3 is 6.03 Å². The number of hydrogen-bond acceptors (Lipinski definition) is 2. The highest BCUT2D eigenvalue weighted by atomic mass is 16.2. The fourth-order valence-corrected chi connectivity index (χ4v) is 3.69. The number of carbonyl (C=O) groups excluding carboxylic acids is 1. The first kappa shape index (κ1) is 13.3. The molecule has 2 fully saturated rings. The van der Waals surface area contributed by atoms with Crippen LogP contribution >= 0.6 is 0 Å². The van der Waals surface area contributed by atoms with Crippen LogP contribution < -0.4 is 11.1 Å². The molecular weight excluding hydrogens is 250 g/mol. The highest BCUT2D eigenvalue weighted by molar-refractivity contribution is 5.90. The smallest absolute Gasteiger partial charge is 0.322 e. The molecule has 4 nitrogen and oxygen atoms in total. The number of anilines is 2. The molecule has 1 unspecified atom stereocenters. The third kappa shape index (κ3) is 2.74. The second-order valence-electron chi connectivity index (χ2n) is 6.00. The lowest BCUT2D eigenvalue weighted by Gasteiger charge is -2.29. The number of nitrogen functional groups attached to an aromatic ring is 1. The average molecular weight is 273 g/mol. The van der Waals surface area contributed by atoms with E-state index in [-0.39, 0.29) is 6.03 Å². The van der Waals surface area contributed by atoms with Gasteiger partial charge in [-0.2, -0.15) is 0 Å². The van der Waals surface area contributed by atoms with Gasteiger partial charge in [0.1, 0.15) is 0 Å². The topological polar surface area (TPSA) is 58.4 Å². The zero-order valence-electron chi connectivity index (χ0n) is 11.8. The van der Waals surface area contributed by atoms with Gasteiger partial charge in [0.15, 0.2) is 0 Å². The second-order valence-corrected chi connectivity index (χ2v) is 6.00. The van der Waals surface area contributed by atoms with Gasteiger partial charge in [0.05, 0.1) is 0 Å². The lowest BCUT2D eigenvalue weighted by atomic mass is 9.96. The van der Waals surface area contributed by atoms with Crippen molar-refractivity contribution in [3.63, 3.8) is 0 Å². The number of carbonyl (C=O) groups is 1. The molecule has 20 heavy (non-hydrogen) atoms. The summed E-state index contributed by atoms with van der Waals surface area (Å²) in [6.07, 6.45) is 7.51. The molecule has 4 heteroatoms. The second kappa shape index (κ2) is 5.73. The summed E-state index contributed by atoms with van der Waals surface area (Å²) in [5, 5.41) is 2.99. The average Bonchev–Trinajstić information content (AvgIpc) is 3.09. The van der Waals surface area contributed by atoms with Crippen LogP contribution in [-0.4, -0.2) is 23.5 Å². The van der Waals surface area contributed by atoms with E-state index in [4.69, 9.17) is 5.73 Å². The number of amides is 2. The molecule has 0 aromatic heterocycles. The standard InChI is InChI=1S/C16H23N3O/c17-13-7-3-8-14(11-13)18-16(20)19-10-4-9-15(19)12-5-1-2-6-12/h3,7-8,11-12,15H,1-2,4-6,9-10,17H2,(H,18,20). The number of urea groups is 1. The van der Waals surface area contributed by atoms with Crippen molar-refractivity contribution in [2.75, 3.05) is 17.6 Å². The summed E-state index contributed by atoms with van der Waals surface area (Å²) in [6, 6.07) is 7.85. The van der Waals surface area contributed by atoms with Crippen LogP contribution in [0.4, 0.5) is 16.2 Å². The van der Waals surface area contributed by atoms with Crippen LogP contribution in [0.25, 0.3) is 0 Å². The minimum absolute atomic E-state index is 0.0324. The van der Waals surface area contributed by atoms with E-state index in [9.17, 15) is 4.79 Å². The summed E-state index contributed by atoms with van der Waals surface area (Å²) in [4.78, 5) is 14.5. The van der Waals surface area contributed by atoms with Crippen LogP contribution in [0, 0.1) is 5.92 Å². The van der Waals surface area contributed by atoms with Crippen molar-refractivity contribution in [2.45, 2.75) is 44.6 Å². The summed E-state index contributed by atoms with van der Waals surface area (Å²) < 4.78 is 0. The van der Waals surface area contributed by atoms with E-state index in [0.717, 1.165) is 25.1 Å². The Bertz CT molecular complexity index is 482. The summed E-state index contributed by atoms with van der Waals surface area (Å²) in [6.45, 7) is 0.884. The fraction of sp³-hybridized carbons (Fsp3) is 0.562. The Morgan fingerprint density at radius 1 is 1.20 bits per heavy atom. The Hall–Kier alpha value is -1.71. The molecule has 1 aromatic rings. The van der Waals surface area contributed by atoms with Crippen LogP contribution in [-0.2, 0) is 0 Å². The van der Waals surface area contributed by atoms with Gasteiger partial charge in [-0.05, 0) is 49.8 Å². The normalized spacial score (nSPS) is 23.2. The number of rotatable bonds is 2. The minimum Gasteiger partial charge on any atom is -0.399 e. The third-order valence-electron chi connectivity index (χ3n) is 4.64. The van der Waals surface area contributed by atoms with Crippen LogP contribution in [0.1, 0.15) is 38.5 Å². The maximum Gasteiger partial charge on any atom is 0.322 e. The molecule has 1 aromatic carbocycles. The number of hydrogen-bond donors (Lipinski definition) is 2. The van der Waals surface area contributed by atoms with Crippen LogP contribution in [0.5, 0.6) is 0 Å². The molecule has 1 aliphatic carbocycles. The molecule has 1 aliphatic heterocycles. The highest BCUT2D eigenvalue weighted by Gasteiger charge is 2.35. The summed E-state index contributed by atoms with van der Waals surface area (Å²) in [5.41, 5.74) is 7.21. The van der Waals surface area contributed by atoms with Gasteiger partial charge in [-0.25, -0.2) is 4.79 Å². The van der Waals surface area contributed by atoms with Crippen molar-refractivity contribution in [1.29, 1.82) is 0 Å². The van der Waals surface area contributed by atoms with Gasteiger partial charge in [0.2, 0.25) is 0 Å². The van der Waals surface area contributed by atoms with Gasteiger partial charge in [-0.3, -0.25) is 0 Å². The van der Waals surface area contributed by atoms with E-state index in [2.05, 4.69) is 5.32 Å². The first-order valence-corrected chi connectivity index (χ1v) is 7.67. The molecule has 1 saturated heterocycles. The lowest BCUT2D eigenvalue weighted by molar-refractivity contribution is 0.185. The zero-order valence-corrected chi connectivity index (χ0v) is 11.8. The molecular formula is C16H23N3O. The van der Waals surface area contributed by atoms with Gasteiger partial charge < -0.3 is 16.0 Å². The number of nitrogens with two attached hydrogens (primary N) is 1. The molecule has 1 saturated carbocycles. The van der Waals surface area contributed by atoms with Crippen molar-refractivity contribution in [1.82, 2.24) is 4.90 Å². The monoisotopic (exact) mass is 273 g/mol. The molecule has 1 heterocycles. The predicted molar refractivity (Wildman–Crippen MR) is 81.6 cm³/mol. The van der Waals surface area contributed by atoms with Crippen LogP contribution in [0.15, 0.2) is 24.3 Å². The molecule has 0 radical (unpaired) electrons. The van der Waals surface area contributed by atoms with E-state index in [1.54, 1.807) is 6.07 Å². The maximum absolute atomic E-state index is 12.5. The van der Waals surface area contributed by atoms with Gasteiger partial charge in [0, 0.05) is 24.0 Å². The van der Waals surface area contributed by atoms with E-state index in [1.165, 1.54) is 25.7 Å². The van der Waals surface area contributed by atoms with E-state index in [1.807, 2.05) is 23.1 Å². The van der Waals surface area contributed by atoms with Gasteiger partial charge in [-0.15, -0.1) is 0 Å². The van der Waals surface area contributed by atoms with Crippen molar-refractivity contribution < 1.29 is 4.79 Å². The van der Waals surface area contributed by atoms with E-state index < -0.39 is 0 Å². The molecule has 0 spiro atoms. The Balaban J connectivity index is 1.66. The molecule has 108 valence electrons.